The molecule has 5 heteroatoms. The molecule has 1 aromatic carbocycles. The zero-order chi connectivity index (χ0) is 17.8. The van der Waals surface area contributed by atoms with Crippen LogP contribution in [0.2, 0.25) is 0 Å². The standard InChI is InChI=1S/C20H31N3O2/c1-15-14-25-19-5-4-17(12-18(15)19)20(24)21-13-16-6-8-23(9-7-16)11-10-22(2)3/h4-5,12,15-16H,6-11,13-14H2,1-3H3,(H,21,24). The number of nitrogens with zero attached hydrogens (tertiary/aromatic N) is 2. The quantitative estimate of drug-likeness (QED) is 0.858. The molecule has 2 aliphatic heterocycles. The first-order valence-electron chi connectivity index (χ1n) is 9.45. The van der Waals surface area contributed by atoms with Crippen LogP contribution in [0.25, 0.3) is 0 Å². The lowest BCUT2D eigenvalue weighted by Crippen LogP contribution is -2.41. The van der Waals surface area contributed by atoms with Gasteiger partial charge in [0, 0.05) is 36.7 Å². The number of rotatable bonds is 6. The molecular weight excluding hydrogens is 314 g/mol. The Morgan fingerprint density at radius 2 is 2.08 bits per heavy atom. The van der Waals surface area contributed by atoms with E-state index in [1.807, 2.05) is 18.2 Å². The molecule has 0 radical (unpaired) electrons. The molecule has 1 N–H and O–H groups in total. The Morgan fingerprint density at radius 3 is 2.80 bits per heavy atom. The maximum atomic E-state index is 12.5. The zero-order valence-electron chi connectivity index (χ0n) is 15.8. The van der Waals surface area contributed by atoms with Crippen LogP contribution in [0.5, 0.6) is 5.75 Å². The fraction of sp³-hybridized carbons (Fsp3) is 0.650. The summed E-state index contributed by atoms with van der Waals surface area (Å²) in [4.78, 5) is 17.2. The van der Waals surface area contributed by atoms with Crippen LogP contribution >= 0.6 is 0 Å². The Bertz CT molecular complexity index is 595. The van der Waals surface area contributed by atoms with E-state index in [1.54, 1.807) is 0 Å². The van der Waals surface area contributed by atoms with Crippen molar-refractivity contribution in [2.24, 2.45) is 5.92 Å². The second kappa shape index (κ2) is 8.19. The first-order chi connectivity index (χ1) is 12.0. The highest BCUT2D eigenvalue weighted by Gasteiger charge is 2.23. The molecule has 2 aliphatic rings. The Morgan fingerprint density at radius 1 is 1.32 bits per heavy atom. The molecule has 5 nitrogen and oxygen atoms in total. The molecule has 25 heavy (non-hydrogen) atoms. The minimum absolute atomic E-state index is 0.0388. The molecule has 0 aromatic heterocycles. The normalized spacial score (nSPS) is 21.2. The summed E-state index contributed by atoms with van der Waals surface area (Å²) < 4.78 is 5.61. The van der Waals surface area contributed by atoms with Crippen molar-refractivity contribution in [3.8, 4) is 5.75 Å². The molecule has 0 spiro atoms. The van der Waals surface area contributed by atoms with Crippen LogP contribution in [0.1, 0.15) is 41.6 Å². The maximum absolute atomic E-state index is 12.5. The molecule has 1 aromatic rings. The number of carbonyl (C=O) groups excluding carboxylic acids is 1. The summed E-state index contributed by atoms with van der Waals surface area (Å²) in [5.74, 6) is 1.93. The van der Waals surface area contributed by atoms with E-state index in [1.165, 1.54) is 12.8 Å². The van der Waals surface area contributed by atoms with Crippen LogP contribution in [0.4, 0.5) is 0 Å². The van der Waals surface area contributed by atoms with Gasteiger partial charge in [0.15, 0.2) is 0 Å². The summed E-state index contributed by atoms with van der Waals surface area (Å²) in [6, 6.07) is 5.79. The zero-order valence-corrected chi connectivity index (χ0v) is 15.8. The van der Waals surface area contributed by atoms with E-state index in [2.05, 4.69) is 36.1 Å². The number of piperidine rings is 1. The monoisotopic (exact) mass is 345 g/mol. The van der Waals surface area contributed by atoms with Crippen molar-refractivity contribution < 1.29 is 9.53 Å². The smallest absolute Gasteiger partial charge is 0.251 e. The van der Waals surface area contributed by atoms with E-state index in [9.17, 15) is 4.79 Å². The third kappa shape index (κ3) is 4.73. The molecule has 1 saturated heterocycles. The van der Waals surface area contributed by atoms with Gasteiger partial charge in [-0.3, -0.25) is 4.79 Å². The second-order valence-corrected chi connectivity index (χ2v) is 7.76. The highest BCUT2D eigenvalue weighted by atomic mass is 16.5. The largest absolute Gasteiger partial charge is 0.493 e. The number of hydrogen-bond acceptors (Lipinski definition) is 4. The number of carbonyl (C=O) groups is 1. The van der Waals surface area contributed by atoms with Gasteiger partial charge in [-0.15, -0.1) is 0 Å². The summed E-state index contributed by atoms with van der Waals surface area (Å²) in [7, 11) is 4.24. The third-order valence-electron chi connectivity index (χ3n) is 5.41. The number of hydrogen-bond donors (Lipinski definition) is 1. The van der Waals surface area contributed by atoms with Gasteiger partial charge in [-0.2, -0.15) is 0 Å². The average Bonchev–Trinajstić information content (AvgIpc) is 2.99. The first-order valence-corrected chi connectivity index (χ1v) is 9.45. The van der Waals surface area contributed by atoms with E-state index in [-0.39, 0.29) is 5.91 Å². The van der Waals surface area contributed by atoms with Crippen molar-refractivity contribution in [2.45, 2.75) is 25.7 Å². The van der Waals surface area contributed by atoms with Crippen LogP contribution in [-0.4, -0.2) is 69.1 Å². The number of ether oxygens (including phenoxy) is 1. The predicted octanol–water partition coefficient (Wildman–Crippen LogP) is 2.19. The summed E-state index contributed by atoms with van der Waals surface area (Å²) in [5, 5.41) is 3.13. The number of likely N-dealkylation sites (N-methyl/N-ethyl adjacent to an activating group) is 1. The van der Waals surface area contributed by atoms with Gasteiger partial charge in [0.1, 0.15) is 5.75 Å². The molecule has 0 saturated carbocycles. The molecule has 1 amide bonds. The van der Waals surface area contributed by atoms with Crippen LogP contribution in [-0.2, 0) is 0 Å². The van der Waals surface area contributed by atoms with Gasteiger partial charge in [0.25, 0.3) is 5.91 Å². The SMILES string of the molecule is CC1COc2ccc(C(=O)NCC3CCN(CCN(C)C)CC3)cc21. The van der Waals surface area contributed by atoms with Crippen molar-refractivity contribution in [1.29, 1.82) is 0 Å². The van der Waals surface area contributed by atoms with Crippen molar-refractivity contribution >= 4 is 5.91 Å². The van der Waals surface area contributed by atoms with Crippen molar-refractivity contribution in [1.82, 2.24) is 15.1 Å². The van der Waals surface area contributed by atoms with E-state index >= 15 is 0 Å². The van der Waals surface area contributed by atoms with Crippen molar-refractivity contribution in [3.05, 3.63) is 29.3 Å². The summed E-state index contributed by atoms with van der Waals surface area (Å²) >= 11 is 0. The van der Waals surface area contributed by atoms with Crippen LogP contribution in [0.3, 0.4) is 0 Å². The molecule has 0 aliphatic carbocycles. The molecule has 1 atom stereocenters. The van der Waals surface area contributed by atoms with Crippen LogP contribution in [0.15, 0.2) is 18.2 Å². The minimum Gasteiger partial charge on any atom is -0.493 e. The molecule has 138 valence electrons. The molecule has 2 heterocycles. The van der Waals surface area contributed by atoms with Gasteiger partial charge < -0.3 is 19.9 Å². The highest BCUT2D eigenvalue weighted by molar-refractivity contribution is 5.94. The third-order valence-corrected chi connectivity index (χ3v) is 5.41. The molecular formula is C20H31N3O2. The van der Waals surface area contributed by atoms with Gasteiger partial charge in [-0.1, -0.05) is 6.92 Å². The summed E-state index contributed by atoms with van der Waals surface area (Å²) in [6.07, 6.45) is 2.34. The van der Waals surface area contributed by atoms with E-state index < -0.39 is 0 Å². The maximum Gasteiger partial charge on any atom is 0.251 e. The Kier molecular flexibility index (Phi) is 5.97. The van der Waals surface area contributed by atoms with Gasteiger partial charge in [-0.25, -0.2) is 0 Å². The van der Waals surface area contributed by atoms with Gasteiger partial charge in [0.2, 0.25) is 0 Å². The minimum atomic E-state index is 0.0388. The fourth-order valence-corrected chi connectivity index (χ4v) is 3.61. The summed E-state index contributed by atoms with van der Waals surface area (Å²) in [6.45, 7) is 8.17. The lowest BCUT2D eigenvalue weighted by Gasteiger charge is -2.32. The molecule has 3 rings (SSSR count). The van der Waals surface area contributed by atoms with Crippen molar-refractivity contribution in [3.63, 3.8) is 0 Å². The number of likely N-dealkylation sites (tertiary alicyclic amines) is 1. The van der Waals surface area contributed by atoms with E-state index in [0.717, 1.165) is 49.6 Å². The van der Waals surface area contributed by atoms with E-state index in [0.29, 0.717) is 18.4 Å². The number of benzene rings is 1. The number of amides is 1. The summed E-state index contributed by atoms with van der Waals surface area (Å²) in [5.41, 5.74) is 1.90. The van der Waals surface area contributed by atoms with Gasteiger partial charge >= 0.3 is 0 Å². The molecule has 1 unspecified atom stereocenters. The van der Waals surface area contributed by atoms with Gasteiger partial charge in [0.05, 0.1) is 6.61 Å². The fourth-order valence-electron chi connectivity index (χ4n) is 3.61. The van der Waals surface area contributed by atoms with Gasteiger partial charge in [-0.05, 0) is 64.1 Å². The van der Waals surface area contributed by atoms with Crippen LogP contribution in [0, 0.1) is 5.92 Å². The second-order valence-electron chi connectivity index (χ2n) is 7.76. The number of fused-ring (bicyclic) bond motifs is 1. The van der Waals surface area contributed by atoms with Crippen molar-refractivity contribution in [2.75, 3.05) is 53.4 Å². The first kappa shape index (κ1) is 18.2. The van der Waals surface area contributed by atoms with E-state index in [4.69, 9.17) is 4.74 Å². The average molecular weight is 345 g/mol. The Labute approximate surface area is 151 Å². The molecule has 1 fully saturated rings. The lowest BCUT2D eigenvalue weighted by molar-refractivity contribution is 0.0935. The van der Waals surface area contributed by atoms with Crippen LogP contribution < -0.4 is 10.1 Å². The Hall–Kier alpha value is -1.59. The predicted molar refractivity (Wildman–Crippen MR) is 100 cm³/mol. The number of nitrogens with one attached hydrogen (secondary N) is 1. The lowest BCUT2D eigenvalue weighted by atomic mass is 9.96. The highest BCUT2D eigenvalue weighted by Crippen LogP contribution is 2.34. The molecule has 0 bridgehead atoms. The topological polar surface area (TPSA) is 44.8 Å². The Balaban J connectivity index is 1.44.